The van der Waals surface area contributed by atoms with Crippen molar-refractivity contribution in [2.24, 2.45) is 5.41 Å². The van der Waals surface area contributed by atoms with Crippen LogP contribution in [0.15, 0.2) is 29.2 Å². The van der Waals surface area contributed by atoms with Crippen LogP contribution in [0, 0.1) is 17.3 Å². The van der Waals surface area contributed by atoms with Gasteiger partial charge in [0.25, 0.3) is 0 Å². The molecule has 50 heavy (non-hydrogen) atoms. The van der Waals surface area contributed by atoms with E-state index in [1.165, 1.54) is 57.6 Å². The number of likely N-dealkylation sites (tertiary alicyclic amines) is 1. The average Bonchev–Trinajstić information content (AvgIpc) is 3.33. The number of hydrogen-bond acceptors (Lipinski definition) is 7. The maximum Gasteiger partial charge on any atom is 0.175 e. The van der Waals surface area contributed by atoms with E-state index in [9.17, 15) is 12.8 Å². The molecule has 1 saturated carbocycles. The largest absolute Gasteiger partial charge is 0.488 e. The fraction of sp³-hybridized carbons (Fsp3) is 0.622. The van der Waals surface area contributed by atoms with Crippen molar-refractivity contribution in [3.8, 4) is 17.6 Å². The molecule has 0 amide bonds. The second-order valence-corrected chi connectivity index (χ2v) is 19.1. The quantitative estimate of drug-likeness (QED) is 0.201. The average molecular weight is 729 g/mol. The van der Waals surface area contributed by atoms with Gasteiger partial charge in [-0.25, -0.2) is 17.2 Å². The van der Waals surface area contributed by atoms with Gasteiger partial charge in [0.1, 0.15) is 23.3 Å². The van der Waals surface area contributed by atoms with Crippen LogP contribution in [0.25, 0.3) is 11.8 Å². The first-order valence-electron chi connectivity index (χ1n) is 17.7. The summed E-state index contributed by atoms with van der Waals surface area (Å²) in [5.74, 6) is 6.85. The molecule has 4 aliphatic rings. The third kappa shape index (κ3) is 8.38. The number of hydrogen-bond donors (Lipinski definition) is 0. The highest BCUT2D eigenvalue weighted by Crippen LogP contribution is 2.41. The van der Waals surface area contributed by atoms with E-state index >= 15 is 4.39 Å². The van der Waals surface area contributed by atoms with E-state index in [2.05, 4.69) is 50.1 Å². The second-order valence-electron chi connectivity index (χ2n) is 15.9. The van der Waals surface area contributed by atoms with Gasteiger partial charge in [0.2, 0.25) is 0 Å². The van der Waals surface area contributed by atoms with Gasteiger partial charge in [-0.3, -0.25) is 4.90 Å². The van der Waals surface area contributed by atoms with E-state index in [0.717, 1.165) is 61.4 Å². The van der Waals surface area contributed by atoms with Gasteiger partial charge < -0.3 is 23.8 Å². The normalized spacial score (nSPS) is 23.0. The second kappa shape index (κ2) is 14.1. The highest BCUT2D eigenvalue weighted by molar-refractivity contribution is 7.90. The summed E-state index contributed by atoms with van der Waals surface area (Å²) in [7, 11) is 4.44. The number of alkyl halides is 2. The molecule has 2 atom stereocenters. The van der Waals surface area contributed by atoms with Crippen molar-refractivity contribution in [1.82, 2.24) is 14.4 Å². The number of rotatable bonds is 11. The van der Waals surface area contributed by atoms with Crippen LogP contribution in [0.5, 0.6) is 5.75 Å². The molecule has 2 aliphatic heterocycles. The van der Waals surface area contributed by atoms with Crippen LogP contribution >= 0.6 is 9.24 Å². The molecule has 272 valence electrons. The minimum atomic E-state index is -3.49. The third-order valence-corrected chi connectivity index (χ3v) is 11.9. The zero-order valence-electron chi connectivity index (χ0n) is 30.4. The summed E-state index contributed by atoms with van der Waals surface area (Å²) in [4.78, 5) is 7.10. The summed E-state index contributed by atoms with van der Waals surface area (Å²) in [5, 5.41) is 0.628. The molecule has 3 fully saturated rings. The molecule has 8 nitrogen and oxygen atoms in total. The lowest BCUT2D eigenvalue weighted by Crippen LogP contribution is -2.68. The maximum absolute atomic E-state index is 15.2. The van der Waals surface area contributed by atoms with E-state index in [1.54, 1.807) is 13.9 Å². The molecule has 1 aromatic carbocycles. The Morgan fingerprint density at radius 3 is 2.44 bits per heavy atom. The standard InChI is InChI=1S/C37H52BF2N4O4PS/c1-35(2,39)23-48-34-19-29(50(5,45)46)15-16-33(34)41(3)17-7-8-28-18-30-31(9-6-10-32(30)44(28)22-37(38,40)49)42(4)26-11-13-27(14-12-26)43-20-36(21-43)24-47-25-36/h10,15-16,18-19,26-27H,6,9,11-14,17,20-25,38,49H2,1-5H3. The topological polar surface area (TPSA) is 67.3 Å². The van der Waals surface area contributed by atoms with Crippen molar-refractivity contribution >= 4 is 44.4 Å². The Morgan fingerprint density at radius 2 is 1.84 bits per heavy atom. The number of ether oxygens (including phenoxy) is 2. The molecular weight excluding hydrogens is 676 g/mol. The summed E-state index contributed by atoms with van der Waals surface area (Å²) in [5.41, 5.74) is 1.49. The minimum absolute atomic E-state index is 0.0948. The number of anilines is 1. The fourth-order valence-electron chi connectivity index (χ4n) is 7.86. The van der Waals surface area contributed by atoms with Gasteiger partial charge in [-0.2, -0.15) is 0 Å². The summed E-state index contributed by atoms with van der Waals surface area (Å²) >= 11 is 0. The zero-order valence-corrected chi connectivity index (χ0v) is 32.4. The molecule has 2 aromatic rings. The minimum Gasteiger partial charge on any atom is -0.488 e. The molecule has 1 aromatic heterocycles. The number of fused-ring (bicyclic) bond motifs is 1. The molecule has 2 aliphatic carbocycles. The van der Waals surface area contributed by atoms with Crippen LogP contribution in [0.3, 0.4) is 0 Å². The first-order chi connectivity index (χ1) is 23.4. The van der Waals surface area contributed by atoms with E-state index in [-0.39, 0.29) is 30.3 Å². The van der Waals surface area contributed by atoms with Gasteiger partial charge in [-0.1, -0.05) is 12.0 Å². The number of aromatic nitrogens is 1. The number of nitrogens with zero attached hydrogens (tertiary/aromatic N) is 4. The molecule has 0 N–H and O–H groups in total. The zero-order chi connectivity index (χ0) is 36.1. The van der Waals surface area contributed by atoms with Crippen molar-refractivity contribution in [1.29, 1.82) is 0 Å². The van der Waals surface area contributed by atoms with Crippen molar-refractivity contribution in [2.45, 2.75) is 86.9 Å². The molecule has 13 heteroatoms. The van der Waals surface area contributed by atoms with Crippen LogP contribution in [0.1, 0.15) is 58.1 Å². The van der Waals surface area contributed by atoms with E-state index in [1.807, 2.05) is 16.5 Å². The lowest BCUT2D eigenvalue weighted by molar-refractivity contribution is -0.200. The van der Waals surface area contributed by atoms with E-state index < -0.39 is 20.8 Å². The highest BCUT2D eigenvalue weighted by atomic mass is 32.2. The predicted molar refractivity (Wildman–Crippen MR) is 202 cm³/mol. The fourth-order valence-corrected chi connectivity index (χ4v) is 8.68. The van der Waals surface area contributed by atoms with Crippen LogP contribution in [-0.4, -0.2) is 113 Å². The van der Waals surface area contributed by atoms with Gasteiger partial charge in [0, 0.05) is 73.3 Å². The first-order valence-corrected chi connectivity index (χ1v) is 20.2. The Hall–Kier alpha value is -2.58. The summed E-state index contributed by atoms with van der Waals surface area (Å²) < 4.78 is 67.3. The maximum atomic E-state index is 15.2. The van der Waals surface area contributed by atoms with Gasteiger partial charge in [-0.05, 0) is 76.5 Å². The van der Waals surface area contributed by atoms with Crippen molar-refractivity contribution < 1.29 is 26.7 Å². The first kappa shape index (κ1) is 37.2. The van der Waals surface area contributed by atoms with Crippen LogP contribution in [0.2, 0.25) is 0 Å². The van der Waals surface area contributed by atoms with Crippen LogP contribution in [0.4, 0.5) is 14.5 Å². The lowest BCUT2D eigenvalue weighted by atomic mass is 9.75. The SMILES string of the molecule is BC(F)(P)Cn1c(C#CCN(C)c2ccc(S(C)(=O)=O)cc2OCC(C)(C)F)cc2c1=CCCC=2N(C)C1CCC(N2CC3(COC3)C2)CC1. The third-order valence-electron chi connectivity index (χ3n) is 10.6. The van der Waals surface area contributed by atoms with Gasteiger partial charge >= 0.3 is 0 Å². The van der Waals surface area contributed by atoms with Crippen LogP contribution < -0.4 is 20.2 Å². The highest BCUT2D eigenvalue weighted by Gasteiger charge is 2.51. The molecule has 2 saturated heterocycles. The van der Waals surface area contributed by atoms with Crippen molar-refractivity contribution in [3.63, 3.8) is 0 Å². The number of benzene rings is 1. The van der Waals surface area contributed by atoms with Crippen molar-refractivity contribution in [3.05, 3.63) is 40.5 Å². The van der Waals surface area contributed by atoms with E-state index in [0.29, 0.717) is 23.2 Å². The van der Waals surface area contributed by atoms with Gasteiger partial charge in [0.05, 0.1) is 42.6 Å². The Kier molecular flexibility index (Phi) is 10.5. The Balaban J connectivity index is 1.23. The molecule has 0 radical (unpaired) electrons. The van der Waals surface area contributed by atoms with Crippen molar-refractivity contribution in [2.75, 3.05) is 64.7 Å². The molecule has 3 heterocycles. The van der Waals surface area contributed by atoms with Crippen LogP contribution in [-0.2, 0) is 21.1 Å². The molecule has 1 spiro atoms. The predicted octanol–water partition coefficient (Wildman–Crippen LogP) is 2.90. The smallest absolute Gasteiger partial charge is 0.175 e. The Labute approximate surface area is 299 Å². The van der Waals surface area contributed by atoms with Gasteiger partial charge in [0.15, 0.2) is 17.7 Å². The Morgan fingerprint density at radius 1 is 1.14 bits per heavy atom. The number of halogens is 2. The molecule has 0 bridgehead atoms. The summed E-state index contributed by atoms with van der Waals surface area (Å²) in [6.07, 6.45) is 9.92. The monoisotopic (exact) mass is 728 g/mol. The molecule has 2 unspecified atom stereocenters. The summed E-state index contributed by atoms with van der Waals surface area (Å²) in [6.45, 7) is 7.25. The lowest BCUT2D eigenvalue weighted by Gasteiger charge is -2.58. The Bertz CT molecular complexity index is 1880. The van der Waals surface area contributed by atoms with Gasteiger partial charge in [-0.15, -0.1) is 9.24 Å². The molecular formula is C37H52BF2N4O4PS. The van der Waals surface area contributed by atoms with E-state index in [4.69, 9.17) is 9.47 Å². The molecule has 6 rings (SSSR count). The number of sulfone groups is 1. The summed E-state index contributed by atoms with van der Waals surface area (Å²) in [6, 6.07) is 7.87.